The van der Waals surface area contributed by atoms with Gasteiger partial charge in [-0.2, -0.15) is 0 Å². The fraction of sp³-hybridized carbons (Fsp3) is 0.304. The van der Waals surface area contributed by atoms with Gasteiger partial charge in [-0.05, 0) is 30.2 Å². The lowest BCUT2D eigenvalue weighted by molar-refractivity contribution is -0.138. The SMILES string of the molecule is CNC(=O)C1CC(Oc2ccccc2)CN1C(=O)CCc1c[nH]c2ccccc12. The normalized spacial score (nSPS) is 18.7. The van der Waals surface area contributed by atoms with Crippen LogP contribution in [0.25, 0.3) is 10.9 Å². The summed E-state index contributed by atoms with van der Waals surface area (Å²) in [6.45, 7) is 0.416. The number of likely N-dealkylation sites (tertiary alicyclic amines) is 1. The summed E-state index contributed by atoms with van der Waals surface area (Å²) in [6, 6.07) is 17.1. The van der Waals surface area contributed by atoms with E-state index < -0.39 is 6.04 Å². The number of carbonyl (C=O) groups excluding carboxylic acids is 2. The molecule has 29 heavy (non-hydrogen) atoms. The third-order valence-corrected chi connectivity index (χ3v) is 5.46. The van der Waals surface area contributed by atoms with Gasteiger partial charge in [0.15, 0.2) is 0 Å². The molecular weight excluding hydrogens is 366 g/mol. The van der Waals surface area contributed by atoms with Crippen LogP contribution in [0, 0.1) is 0 Å². The number of rotatable bonds is 6. The second kappa shape index (κ2) is 8.39. The van der Waals surface area contributed by atoms with E-state index in [1.165, 1.54) is 0 Å². The Labute approximate surface area is 169 Å². The summed E-state index contributed by atoms with van der Waals surface area (Å²) in [6.07, 6.45) is 3.24. The zero-order valence-electron chi connectivity index (χ0n) is 16.4. The van der Waals surface area contributed by atoms with Gasteiger partial charge in [-0.15, -0.1) is 0 Å². The maximum absolute atomic E-state index is 13.0. The van der Waals surface area contributed by atoms with Crippen molar-refractivity contribution in [1.29, 1.82) is 0 Å². The van der Waals surface area contributed by atoms with Gasteiger partial charge in [0.05, 0.1) is 6.54 Å². The highest BCUT2D eigenvalue weighted by Gasteiger charge is 2.40. The first-order valence-corrected chi connectivity index (χ1v) is 9.93. The molecule has 1 aliphatic heterocycles. The van der Waals surface area contributed by atoms with Crippen molar-refractivity contribution in [3.05, 3.63) is 66.4 Å². The third-order valence-electron chi connectivity index (χ3n) is 5.46. The monoisotopic (exact) mass is 391 g/mol. The number of aromatic nitrogens is 1. The van der Waals surface area contributed by atoms with Crippen LogP contribution in [0.1, 0.15) is 18.4 Å². The quantitative estimate of drug-likeness (QED) is 0.679. The smallest absolute Gasteiger partial charge is 0.242 e. The highest BCUT2D eigenvalue weighted by molar-refractivity contribution is 5.89. The Morgan fingerprint density at radius 2 is 1.90 bits per heavy atom. The molecule has 4 rings (SSSR count). The van der Waals surface area contributed by atoms with Crippen molar-refractivity contribution >= 4 is 22.7 Å². The number of likely N-dealkylation sites (N-methyl/N-ethyl adjacent to an activating group) is 1. The minimum Gasteiger partial charge on any atom is -0.488 e. The van der Waals surface area contributed by atoms with Gasteiger partial charge in [0.2, 0.25) is 11.8 Å². The highest BCUT2D eigenvalue weighted by Crippen LogP contribution is 2.25. The van der Waals surface area contributed by atoms with Gasteiger partial charge in [0.1, 0.15) is 17.9 Å². The van der Waals surface area contributed by atoms with E-state index in [2.05, 4.69) is 16.4 Å². The molecule has 1 fully saturated rings. The van der Waals surface area contributed by atoms with Gasteiger partial charge >= 0.3 is 0 Å². The Morgan fingerprint density at radius 3 is 2.69 bits per heavy atom. The van der Waals surface area contributed by atoms with Crippen LogP contribution in [-0.4, -0.2) is 47.4 Å². The molecule has 1 saturated heterocycles. The lowest BCUT2D eigenvalue weighted by atomic mass is 10.1. The van der Waals surface area contributed by atoms with E-state index in [1.54, 1.807) is 11.9 Å². The first kappa shape index (κ1) is 19.1. The van der Waals surface area contributed by atoms with E-state index in [0.717, 1.165) is 22.2 Å². The molecule has 1 aromatic heterocycles. The van der Waals surface area contributed by atoms with Crippen molar-refractivity contribution in [2.45, 2.75) is 31.4 Å². The number of aromatic amines is 1. The summed E-state index contributed by atoms with van der Waals surface area (Å²) in [5.41, 5.74) is 2.18. The average molecular weight is 391 g/mol. The zero-order valence-corrected chi connectivity index (χ0v) is 16.4. The van der Waals surface area contributed by atoms with Gasteiger partial charge in [0.25, 0.3) is 0 Å². The van der Waals surface area contributed by atoms with Gasteiger partial charge < -0.3 is 19.9 Å². The van der Waals surface area contributed by atoms with Crippen molar-refractivity contribution in [3.63, 3.8) is 0 Å². The molecule has 2 heterocycles. The Bertz CT molecular complexity index is 999. The summed E-state index contributed by atoms with van der Waals surface area (Å²) in [5.74, 6) is 0.578. The Hall–Kier alpha value is -3.28. The van der Waals surface area contributed by atoms with Crippen LogP contribution in [0.15, 0.2) is 60.8 Å². The van der Waals surface area contributed by atoms with Crippen molar-refractivity contribution < 1.29 is 14.3 Å². The van der Waals surface area contributed by atoms with E-state index in [4.69, 9.17) is 4.74 Å². The van der Waals surface area contributed by atoms with Crippen LogP contribution in [-0.2, 0) is 16.0 Å². The van der Waals surface area contributed by atoms with Crippen LogP contribution < -0.4 is 10.1 Å². The molecule has 3 aromatic rings. The molecule has 0 aliphatic carbocycles. The number of ether oxygens (including phenoxy) is 1. The largest absolute Gasteiger partial charge is 0.488 e. The van der Waals surface area contributed by atoms with E-state index in [0.29, 0.717) is 25.8 Å². The van der Waals surface area contributed by atoms with Crippen molar-refractivity contribution in [1.82, 2.24) is 15.2 Å². The van der Waals surface area contributed by atoms with Crippen LogP contribution in [0.4, 0.5) is 0 Å². The number of fused-ring (bicyclic) bond motifs is 1. The van der Waals surface area contributed by atoms with Crippen LogP contribution in [0.5, 0.6) is 5.75 Å². The second-order valence-electron chi connectivity index (χ2n) is 7.32. The van der Waals surface area contributed by atoms with Crippen LogP contribution in [0.3, 0.4) is 0 Å². The highest BCUT2D eigenvalue weighted by atomic mass is 16.5. The lowest BCUT2D eigenvalue weighted by Gasteiger charge is -2.23. The Kier molecular flexibility index (Phi) is 5.51. The zero-order chi connectivity index (χ0) is 20.2. The molecule has 6 heteroatoms. The van der Waals surface area contributed by atoms with Gasteiger partial charge in [-0.25, -0.2) is 0 Å². The molecule has 1 aliphatic rings. The van der Waals surface area contributed by atoms with Crippen molar-refractivity contribution in [3.8, 4) is 5.75 Å². The van der Waals surface area contributed by atoms with E-state index in [-0.39, 0.29) is 17.9 Å². The summed E-state index contributed by atoms with van der Waals surface area (Å²) in [4.78, 5) is 30.3. The summed E-state index contributed by atoms with van der Waals surface area (Å²) in [7, 11) is 1.60. The number of amides is 2. The maximum Gasteiger partial charge on any atom is 0.242 e. The van der Waals surface area contributed by atoms with E-state index in [9.17, 15) is 9.59 Å². The van der Waals surface area contributed by atoms with Crippen LogP contribution in [0.2, 0.25) is 0 Å². The first-order chi connectivity index (χ1) is 14.2. The van der Waals surface area contributed by atoms with Crippen molar-refractivity contribution in [2.24, 2.45) is 0 Å². The molecule has 0 radical (unpaired) electrons. The molecule has 0 bridgehead atoms. The number of hydrogen-bond acceptors (Lipinski definition) is 3. The number of nitrogens with zero attached hydrogens (tertiary/aromatic N) is 1. The fourth-order valence-electron chi connectivity index (χ4n) is 3.99. The number of aryl methyl sites for hydroxylation is 1. The molecule has 0 spiro atoms. The topological polar surface area (TPSA) is 74.4 Å². The van der Waals surface area contributed by atoms with E-state index >= 15 is 0 Å². The summed E-state index contributed by atoms with van der Waals surface area (Å²) >= 11 is 0. The third kappa shape index (κ3) is 4.11. The number of H-pyrrole nitrogens is 1. The molecule has 150 valence electrons. The van der Waals surface area contributed by atoms with Gasteiger partial charge in [-0.3, -0.25) is 9.59 Å². The number of benzene rings is 2. The van der Waals surface area contributed by atoms with Crippen molar-refractivity contribution in [2.75, 3.05) is 13.6 Å². The standard InChI is InChI=1S/C23H25N3O3/c1-24-23(28)21-13-18(29-17-7-3-2-4-8-17)15-26(21)22(27)12-11-16-14-25-20-10-6-5-9-19(16)20/h2-10,14,18,21,25H,11-13,15H2,1H3,(H,24,28). The minimum atomic E-state index is -0.496. The van der Waals surface area contributed by atoms with E-state index in [1.807, 2.05) is 54.7 Å². The first-order valence-electron chi connectivity index (χ1n) is 9.93. The second-order valence-corrected chi connectivity index (χ2v) is 7.32. The van der Waals surface area contributed by atoms with Gasteiger partial charge in [0, 0.05) is 37.0 Å². The lowest BCUT2D eigenvalue weighted by Crippen LogP contribution is -2.45. The number of hydrogen-bond donors (Lipinski definition) is 2. The molecule has 2 amide bonds. The Morgan fingerprint density at radius 1 is 1.14 bits per heavy atom. The Balaban J connectivity index is 1.44. The predicted molar refractivity (Wildman–Crippen MR) is 112 cm³/mol. The molecule has 2 atom stereocenters. The molecule has 2 aromatic carbocycles. The predicted octanol–water partition coefficient (Wildman–Crippen LogP) is 2.89. The number of carbonyl (C=O) groups is 2. The molecule has 2 unspecified atom stereocenters. The molecular formula is C23H25N3O3. The summed E-state index contributed by atoms with van der Waals surface area (Å²) in [5, 5.41) is 3.81. The fourth-order valence-corrected chi connectivity index (χ4v) is 3.99. The maximum atomic E-state index is 13.0. The summed E-state index contributed by atoms with van der Waals surface area (Å²) < 4.78 is 6.01. The van der Waals surface area contributed by atoms with Gasteiger partial charge in [-0.1, -0.05) is 36.4 Å². The minimum absolute atomic E-state index is 0.0250. The average Bonchev–Trinajstić information content (AvgIpc) is 3.36. The number of para-hydroxylation sites is 2. The molecule has 2 N–H and O–H groups in total. The van der Waals surface area contributed by atoms with Crippen LogP contribution >= 0.6 is 0 Å². The number of nitrogens with one attached hydrogen (secondary N) is 2. The molecule has 6 nitrogen and oxygen atoms in total. The molecule has 0 saturated carbocycles.